The topological polar surface area (TPSA) is 69.8 Å². The third-order valence-electron chi connectivity index (χ3n) is 7.53. The second-order valence-electron chi connectivity index (χ2n) is 10.1. The molecule has 2 saturated heterocycles. The van der Waals surface area contributed by atoms with Gasteiger partial charge < -0.3 is 23.7 Å². The molecular weight excluding hydrogens is 420 g/mol. The van der Waals surface area contributed by atoms with E-state index in [1.807, 2.05) is 24.3 Å². The Balaban J connectivity index is 1.34. The first-order valence-electron chi connectivity index (χ1n) is 12.1. The van der Waals surface area contributed by atoms with Crippen molar-refractivity contribution in [2.75, 3.05) is 20.8 Å². The lowest BCUT2D eigenvalue weighted by Gasteiger charge is -2.42. The smallest absolute Gasteiger partial charge is 0.306 e. The van der Waals surface area contributed by atoms with E-state index in [0.717, 1.165) is 44.5 Å². The van der Waals surface area contributed by atoms with Crippen LogP contribution in [0.1, 0.15) is 58.4 Å². The largest absolute Gasteiger partial charge is 0.497 e. The molecule has 0 radical (unpaired) electrons. The van der Waals surface area contributed by atoms with Crippen LogP contribution in [-0.2, 0) is 30.2 Å². The van der Waals surface area contributed by atoms with Gasteiger partial charge in [-0.1, -0.05) is 23.8 Å². The Morgan fingerprint density at radius 1 is 1.21 bits per heavy atom. The summed E-state index contributed by atoms with van der Waals surface area (Å²) in [6.45, 7) is 7.10. The molecule has 0 bridgehead atoms. The molecule has 0 N–H and O–H groups in total. The molecular formula is C27H38O6. The number of hydrogen-bond donors (Lipinski definition) is 0. The van der Waals surface area contributed by atoms with Gasteiger partial charge in [-0.3, -0.25) is 4.79 Å². The van der Waals surface area contributed by atoms with E-state index in [4.69, 9.17) is 23.7 Å². The van der Waals surface area contributed by atoms with E-state index in [9.17, 15) is 4.79 Å². The van der Waals surface area contributed by atoms with Crippen molar-refractivity contribution in [1.29, 1.82) is 0 Å². The van der Waals surface area contributed by atoms with E-state index in [1.165, 1.54) is 11.1 Å². The minimum absolute atomic E-state index is 0.0522. The van der Waals surface area contributed by atoms with Gasteiger partial charge in [-0.05, 0) is 70.6 Å². The fourth-order valence-corrected chi connectivity index (χ4v) is 5.53. The summed E-state index contributed by atoms with van der Waals surface area (Å²) in [5, 5.41) is 0. The molecule has 6 heteroatoms. The molecule has 0 aromatic heterocycles. The summed E-state index contributed by atoms with van der Waals surface area (Å²) >= 11 is 0. The first-order chi connectivity index (χ1) is 15.8. The van der Waals surface area contributed by atoms with Crippen molar-refractivity contribution in [1.82, 2.24) is 0 Å². The highest BCUT2D eigenvalue weighted by Crippen LogP contribution is 2.59. The summed E-state index contributed by atoms with van der Waals surface area (Å²) in [4.78, 5) is 12.7. The molecule has 1 aliphatic carbocycles. The normalized spacial score (nSPS) is 34.6. The van der Waals surface area contributed by atoms with Crippen molar-refractivity contribution < 1.29 is 28.5 Å². The van der Waals surface area contributed by atoms with Crippen LogP contribution in [0.5, 0.6) is 5.75 Å². The van der Waals surface area contributed by atoms with Gasteiger partial charge in [0.05, 0.1) is 25.7 Å². The van der Waals surface area contributed by atoms with Crippen molar-refractivity contribution in [3.05, 3.63) is 41.5 Å². The molecule has 2 aliphatic heterocycles. The Labute approximate surface area is 197 Å². The zero-order valence-corrected chi connectivity index (χ0v) is 20.6. The maximum Gasteiger partial charge on any atom is 0.306 e. The number of carbonyl (C=O) groups excluding carboxylic acids is 1. The van der Waals surface area contributed by atoms with Crippen LogP contribution >= 0.6 is 0 Å². The van der Waals surface area contributed by atoms with Gasteiger partial charge in [-0.15, -0.1) is 0 Å². The summed E-state index contributed by atoms with van der Waals surface area (Å²) in [7, 11) is 3.37. The first kappa shape index (κ1) is 24.2. The number of epoxide rings is 2. The van der Waals surface area contributed by atoms with Gasteiger partial charge in [-0.25, -0.2) is 0 Å². The minimum atomic E-state index is -0.317. The number of hydrogen-bond acceptors (Lipinski definition) is 6. The van der Waals surface area contributed by atoms with Gasteiger partial charge in [0, 0.05) is 13.5 Å². The predicted molar refractivity (Wildman–Crippen MR) is 125 cm³/mol. The van der Waals surface area contributed by atoms with E-state index in [-0.39, 0.29) is 41.4 Å². The van der Waals surface area contributed by atoms with Gasteiger partial charge in [-0.2, -0.15) is 0 Å². The van der Waals surface area contributed by atoms with Crippen LogP contribution in [0.4, 0.5) is 0 Å². The number of allylic oxidation sites excluding steroid dienone is 1. The molecule has 1 saturated carbocycles. The Morgan fingerprint density at radius 3 is 2.55 bits per heavy atom. The molecule has 3 fully saturated rings. The highest BCUT2D eigenvalue weighted by molar-refractivity contribution is 5.69. The van der Waals surface area contributed by atoms with Crippen LogP contribution in [0.3, 0.4) is 0 Å². The lowest BCUT2D eigenvalue weighted by molar-refractivity contribution is -0.172. The fraction of sp³-hybridized carbons (Fsp3) is 0.667. The van der Waals surface area contributed by atoms with E-state index in [2.05, 4.69) is 26.8 Å². The number of rotatable bonds is 10. The number of methoxy groups -OCH3 is 2. The average Bonchev–Trinajstić information content (AvgIpc) is 3.71. The summed E-state index contributed by atoms with van der Waals surface area (Å²) < 4.78 is 29.3. The van der Waals surface area contributed by atoms with Gasteiger partial charge in [0.2, 0.25) is 0 Å². The third-order valence-corrected chi connectivity index (χ3v) is 7.53. The maximum absolute atomic E-state index is 12.7. The van der Waals surface area contributed by atoms with Gasteiger partial charge in [0.15, 0.2) is 0 Å². The van der Waals surface area contributed by atoms with Crippen LogP contribution in [0.25, 0.3) is 0 Å². The number of aryl methyl sites for hydroxylation is 1. The molecule has 182 valence electrons. The fourth-order valence-electron chi connectivity index (χ4n) is 5.53. The Bertz CT molecular complexity index is 854. The van der Waals surface area contributed by atoms with Crippen molar-refractivity contribution in [2.24, 2.45) is 5.92 Å². The quantitative estimate of drug-likeness (QED) is 0.289. The second kappa shape index (κ2) is 9.77. The molecule has 0 amide bonds. The highest BCUT2D eigenvalue weighted by atomic mass is 16.6. The monoisotopic (exact) mass is 458 g/mol. The maximum atomic E-state index is 12.7. The molecule has 4 rings (SSSR count). The molecule has 6 atom stereocenters. The second-order valence-corrected chi connectivity index (χ2v) is 10.1. The van der Waals surface area contributed by atoms with E-state index >= 15 is 0 Å². The van der Waals surface area contributed by atoms with E-state index < -0.39 is 0 Å². The number of carbonyl (C=O) groups is 1. The van der Waals surface area contributed by atoms with Crippen molar-refractivity contribution in [2.45, 2.75) is 88.8 Å². The summed E-state index contributed by atoms with van der Waals surface area (Å²) in [5.41, 5.74) is 1.96. The highest BCUT2D eigenvalue weighted by Gasteiger charge is 2.72. The molecule has 3 aliphatic rings. The summed E-state index contributed by atoms with van der Waals surface area (Å²) in [6.07, 6.45) is 6.36. The average molecular weight is 459 g/mol. The molecule has 1 aromatic carbocycles. The first-order valence-corrected chi connectivity index (χ1v) is 12.1. The summed E-state index contributed by atoms with van der Waals surface area (Å²) in [5.74, 6) is 0.728. The molecule has 0 unspecified atom stereocenters. The lowest BCUT2D eigenvalue weighted by atomic mass is 9.68. The molecule has 1 spiro atoms. The molecule has 6 nitrogen and oxygen atoms in total. The zero-order chi connectivity index (χ0) is 23.6. The zero-order valence-electron chi connectivity index (χ0n) is 20.6. The van der Waals surface area contributed by atoms with Crippen molar-refractivity contribution in [3.8, 4) is 5.75 Å². The lowest BCUT2D eigenvalue weighted by Crippen LogP contribution is -2.55. The number of benzene rings is 1. The SMILES string of the molecule is COc1ccc(CCCC(=O)O[C@@H]2CC[C@]3(CO3)[C@@H]([C@@]3(C)O[C@@H]3CC=C(C)C)[C@@H]2OC)cc1. The number of ether oxygens (including phenoxy) is 5. The summed E-state index contributed by atoms with van der Waals surface area (Å²) in [6, 6.07) is 7.96. The van der Waals surface area contributed by atoms with E-state index in [0.29, 0.717) is 6.42 Å². The van der Waals surface area contributed by atoms with Crippen molar-refractivity contribution >= 4 is 5.97 Å². The van der Waals surface area contributed by atoms with Gasteiger partial charge >= 0.3 is 5.97 Å². The Kier molecular flexibility index (Phi) is 7.18. The van der Waals surface area contributed by atoms with Gasteiger partial charge in [0.1, 0.15) is 29.2 Å². The minimum Gasteiger partial charge on any atom is -0.497 e. The van der Waals surface area contributed by atoms with Crippen LogP contribution in [0.2, 0.25) is 0 Å². The molecule has 33 heavy (non-hydrogen) atoms. The van der Waals surface area contributed by atoms with Crippen LogP contribution in [-0.4, -0.2) is 56.3 Å². The van der Waals surface area contributed by atoms with Crippen LogP contribution in [0.15, 0.2) is 35.9 Å². The molecule has 2 heterocycles. The van der Waals surface area contributed by atoms with E-state index in [1.54, 1.807) is 14.2 Å². The standard InChI is InChI=1S/C27H38O6/c1-18(2)9-14-22-26(3,33-22)25-24(30-5)21(15-16-27(25)17-31-27)32-23(28)8-6-7-19-10-12-20(29-4)13-11-19/h9-13,21-22,24-25H,6-8,14-17H2,1-5H3/t21-,22-,24-,25-,26+,27+/m1/s1. The third kappa shape index (κ3) is 5.28. The van der Waals surface area contributed by atoms with Crippen LogP contribution in [0, 0.1) is 5.92 Å². The Hall–Kier alpha value is -1.89. The van der Waals surface area contributed by atoms with Gasteiger partial charge in [0.25, 0.3) is 0 Å². The predicted octanol–water partition coefficient (Wildman–Crippen LogP) is 4.64. The van der Waals surface area contributed by atoms with Crippen LogP contribution < -0.4 is 4.74 Å². The van der Waals surface area contributed by atoms with Crippen molar-refractivity contribution in [3.63, 3.8) is 0 Å². The molecule has 1 aromatic rings. The Morgan fingerprint density at radius 2 is 1.94 bits per heavy atom. The number of esters is 1.